The number of hydrogen-bond acceptors (Lipinski definition) is 4. The maximum absolute atomic E-state index is 12.0. The molecule has 4 nitrogen and oxygen atoms in total. The highest BCUT2D eigenvalue weighted by atomic mass is 16.5. The topological polar surface area (TPSA) is 59.3 Å². The van der Waals surface area contributed by atoms with Crippen LogP contribution in [0.1, 0.15) is 31.9 Å². The van der Waals surface area contributed by atoms with Crippen molar-refractivity contribution in [2.24, 2.45) is 0 Å². The van der Waals surface area contributed by atoms with Crippen LogP contribution >= 0.6 is 0 Å². The van der Waals surface area contributed by atoms with E-state index in [9.17, 15) is 4.79 Å². The Labute approximate surface area is 107 Å². The van der Waals surface area contributed by atoms with Gasteiger partial charge in [0.2, 0.25) is 0 Å². The molecule has 1 aromatic carbocycles. The van der Waals surface area contributed by atoms with Gasteiger partial charge in [0.1, 0.15) is 5.75 Å². The molecule has 0 spiro atoms. The van der Waals surface area contributed by atoms with Crippen LogP contribution in [0, 0.1) is 11.3 Å². The van der Waals surface area contributed by atoms with Crippen LogP contribution < -0.4 is 4.74 Å². The predicted octanol–water partition coefficient (Wildman–Crippen LogP) is 2.41. The van der Waals surface area contributed by atoms with Crippen LogP contribution in [0.15, 0.2) is 18.2 Å². The van der Waals surface area contributed by atoms with E-state index >= 15 is 0 Å². The number of methoxy groups -OCH3 is 1. The molecule has 0 amide bonds. The molecule has 1 aromatic rings. The molecule has 18 heavy (non-hydrogen) atoms. The molecule has 0 fully saturated rings. The van der Waals surface area contributed by atoms with Gasteiger partial charge in [-0.1, -0.05) is 0 Å². The predicted molar refractivity (Wildman–Crippen MR) is 67.4 cm³/mol. The zero-order valence-corrected chi connectivity index (χ0v) is 11.1. The molecule has 0 saturated heterocycles. The quantitative estimate of drug-likeness (QED) is 0.766. The summed E-state index contributed by atoms with van der Waals surface area (Å²) >= 11 is 0. The second-order valence-corrected chi connectivity index (χ2v) is 4.37. The summed E-state index contributed by atoms with van der Waals surface area (Å²) in [5.41, 5.74) is 0.291. The summed E-state index contributed by atoms with van der Waals surface area (Å²) in [6, 6.07) is 7.06. The highest BCUT2D eigenvalue weighted by molar-refractivity contribution is 5.83. The van der Waals surface area contributed by atoms with Gasteiger partial charge in [0.25, 0.3) is 0 Å². The second-order valence-electron chi connectivity index (χ2n) is 4.37. The molecule has 0 aliphatic rings. The first-order valence-electron chi connectivity index (χ1n) is 5.73. The van der Waals surface area contributed by atoms with Crippen molar-refractivity contribution in [3.63, 3.8) is 0 Å². The number of carbonyl (C=O) groups excluding carboxylic acids is 1. The number of ether oxygens (including phenoxy) is 2. The third-order valence-electron chi connectivity index (χ3n) is 2.79. The molecule has 0 atom stereocenters. The number of hydrogen-bond donors (Lipinski definition) is 0. The average Bonchev–Trinajstić information content (AvgIpc) is 2.38. The van der Waals surface area contributed by atoms with Crippen LogP contribution in [-0.2, 0) is 14.9 Å². The standard InChI is InChI=1S/C14H17NO3/c1-5-18-13(16)14(2,3)11-8-10(9-15)6-7-12(11)17-4/h6-8H,5H2,1-4H3. The van der Waals surface area contributed by atoms with Crippen molar-refractivity contribution < 1.29 is 14.3 Å². The SMILES string of the molecule is CCOC(=O)C(C)(C)c1cc(C#N)ccc1OC. The molecule has 0 aliphatic carbocycles. The van der Waals surface area contributed by atoms with Gasteiger partial charge in [-0.15, -0.1) is 0 Å². The van der Waals surface area contributed by atoms with E-state index in [1.807, 2.05) is 0 Å². The third kappa shape index (κ3) is 2.62. The molecule has 0 radical (unpaired) electrons. The fraction of sp³-hybridized carbons (Fsp3) is 0.429. The highest BCUT2D eigenvalue weighted by Gasteiger charge is 2.34. The van der Waals surface area contributed by atoms with Gasteiger partial charge in [0, 0.05) is 5.56 Å². The van der Waals surface area contributed by atoms with E-state index in [1.165, 1.54) is 7.11 Å². The van der Waals surface area contributed by atoms with Crippen molar-refractivity contribution in [2.75, 3.05) is 13.7 Å². The van der Waals surface area contributed by atoms with Crippen LogP contribution in [0.4, 0.5) is 0 Å². The lowest BCUT2D eigenvalue weighted by atomic mass is 9.83. The number of rotatable bonds is 4. The third-order valence-corrected chi connectivity index (χ3v) is 2.79. The minimum absolute atomic E-state index is 0.322. The fourth-order valence-corrected chi connectivity index (χ4v) is 1.69. The summed E-state index contributed by atoms with van der Waals surface area (Å²) in [5.74, 6) is 0.241. The first-order valence-corrected chi connectivity index (χ1v) is 5.73. The Morgan fingerprint density at radius 1 is 1.44 bits per heavy atom. The molecule has 0 aromatic heterocycles. The molecular formula is C14H17NO3. The zero-order chi connectivity index (χ0) is 13.8. The van der Waals surface area contributed by atoms with Gasteiger partial charge in [0.15, 0.2) is 0 Å². The Balaban J connectivity index is 3.29. The van der Waals surface area contributed by atoms with E-state index in [0.717, 1.165) is 0 Å². The first kappa shape index (κ1) is 14.0. The molecule has 4 heteroatoms. The molecule has 96 valence electrons. The minimum atomic E-state index is -0.853. The van der Waals surface area contributed by atoms with E-state index in [1.54, 1.807) is 39.0 Å². The van der Waals surface area contributed by atoms with Gasteiger partial charge in [-0.25, -0.2) is 0 Å². The fourth-order valence-electron chi connectivity index (χ4n) is 1.69. The summed E-state index contributed by atoms with van der Waals surface area (Å²) in [7, 11) is 1.53. The Kier molecular flexibility index (Phi) is 4.33. The van der Waals surface area contributed by atoms with E-state index in [0.29, 0.717) is 23.5 Å². The van der Waals surface area contributed by atoms with E-state index in [2.05, 4.69) is 6.07 Å². The second kappa shape index (κ2) is 5.54. The Morgan fingerprint density at radius 3 is 2.61 bits per heavy atom. The summed E-state index contributed by atoms with van der Waals surface area (Å²) in [4.78, 5) is 12.0. The summed E-state index contributed by atoms with van der Waals surface area (Å²) < 4.78 is 10.3. The van der Waals surface area contributed by atoms with Gasteiger partial charge in [0.05, 0.1) is 30.8 Å². The smallest absolute Gasteiger partial charge is 0.316 e. The first-order chi connectivity index (χ1) is 8.47. The number of benzene rings is 1. The molecular weight excluding hydrogens is 230 g/mol. The lowest BCUT2D eigenvalue weighted by molar-refractivity contribution is -0.148. The summed E-state index contributed by atoms with van der Waals surface area (Å²) in [6.07, 6.45) is 0. The maximum Gasteiger partial charge on any atom is 0.316 e. The van der Waals surface area contributed by atoms with Crippen LogP contribution in [0.2, 0.25) is 0 Å². The number of esters is 1. The molecule has 0 aliphatic heterocycles. The van der Waals surface area contributed by atoms with Gasteiger partial charge in [-0.2, -0.15) is 5.26 Å². The normalized spacial score (nSPS) is 10.6. The van der Waals surface area contributed by atoms with Gasteiger partial charge >= 0.3 is 5.97 Å². The Bertz CT molecular complexity index is 486. The van der Waals surface area contributed by atoms with Crippen LogP contribution in [0.3, 0.4) is 0 Å². The van der Waals surface area contributed by atoms with Crippen molar-refractivity contribution in [1.82, 2.24) is 0 Å². The minimum Gasteiger partial charge on any atom is -0.496 e. The lowest BCUT2D eigenvalue weighted by Crippen LogP contribution is -2.31. The number of nitriles is 1. The molecule has 0 saturated carbocycles. The molecule has 0 bridgehead atoms. The lowest BCUT2D eigenvalue weighted by Gasteiger charge is -2.24. The van der Waals surface area contributed by atoms with Crippen LogP contribution in [-0.4, -0.2) is 19.7 Å². The number of carbonyl (C=O) groups is 1. The van der Waals surface area contributed by atoms with Crippen molar-refractivity contribution in [3.05, 3.63) is 29.3 Å². The van der Waals surface area contributed by atoms with Crippen molar-refractivity contribution in [2.45, 2.75) is 26.2 Å². The van der Waals surface area contributed by atoms with E-state index in [-0.39, 0.29) is 5.97 Å². The monoisotopic (exact) mass is 247 g/mol. The molecule has 1 rings (SSSR count). The van der Waals surface area contributed by atoms with Gasteiger partial charge in [-0.05, 0) is 39.0 Å². The molecule has 0 heterocycles. The van der Waals surface area contributed by atoms with E-state index in [4.69, 9.17) is 14.7 Å². The molecule has 0 unspecified atom stereocenters. The van der Waals surface area contributed by atoms with E-state index < -0.39 is 5.41 Å². The highest BCUT2D eigenvalue weighted by Crippen LogP contribution is 2.33. The zero-order valence-electron chi connectivity index (χ0n) is 11.1. The summed E-state index contributed by atoms with van der Waals surface area (Å²) in [5, 5.41) is 8.93. The average molecular weight is 247 g/mol. The Morgan fingerprint density at radius 2 is 2.11 bits per heavy atom. The van der Waals surface area contributed by atoms with Crippen molar-refractivity contribution in [3.8, 4) is 11.8 Å². The van der Waals surface area contributed by atoms with Gasteiger partial charge < -0.3 is 9.47 Å². The van der Waals surface area contributed by atoms with Crippen LogP contribution in [0.5, 0.6) is 5.75 Å². The number of nitrogens with zero attached hydrogens (tertiary/aromatic N) is 1. The maximum atomic E-state index is 12.0. The largest absolute Gasteiger partial charge is 0.496 e. The molecule has 0 N–H and O–H groups in total. The summed E-state index contributed by atoms with van der Waals surface area (Å²) in [6.45, 7) is 5.59. The van der Waals surface area contributed by atoms with Gasteiger partial charge in [-0.3, -0.25) is 4.79 Å². The van der Waals surface area contributed by atoms with Crippen molar-refractivity contribution >= 4 is 5.97 Å². The van der Waals surface area contributed by atoms with Crippen LogP contribution in [0.25, 0.3) is 0 Å². The van der Waals surface area contributed by atoms with Crippen molar-refractivity contribution in [1.29, 1.82) is 5.26 Å². The Hall–Kier alpha value is -2.02.